The molecule has 3 heteroatoms. The fraction of sp³-hybridized carbons (Fsp3) is 0.100. The molecule has 0 bridgehead atoms. The van der Waals surface area contributed by atoms with Crippen LogP contribution in [0, 0.1) is 0 Å². The van der Waals surface area contributed by atoms with Crippen molar-refractivity contribution >= 4 is 55.9 Å². The number of nitrogens with zero attached hydrogens (tertiary/aromatic N) is 3. The molecule has 10 aromatic rings. The van der Waals surface area contributed by atoms with Crippen LogP contribution in [-0.2, 0) is 10.8 Å². The summed E-state index contributed by atoms with van der Waals surface area (Å²) in [7, 11) is 0. The summed E-state index contributed by atoms with van der Waals surface area (Å²) in [6, 6.07) is 78.4. The minimum atomic E-state index is -0.161. The Morgan fingerprint density at radius 3 is 1.38 bits per heavy atom. The van der Waals surface area contributed by atoms with Crippen molar-refractivity contribution in [3.63, 3.8) is 0 Å². The van der Waals surface area contributed by atoms with Gasteiger partial charge in [0.15, 0.2) is 0 Å². The van der Waals surface area contributed by atoms with E-state index in [0.717, 1.165) is 45.3 Å². The number of para-hydroxylation sites is 4. The van der Waals surface area contributed by atoms with Gasteiger partial charge in [0, 0.05) is 55.7 Å². The predicted molar refractivity (Wildman–Crippen MR) is 265 cm³/mol. The van der Waals surface area contributed by atoms with Crippen LogP contribution >= 0.6 is 0 Å². The van der Waals surface area contributed by atoms with Crippen LogP contribution in [0.25, 0.3) is 49.7 Å². The molecular weight excluding hydrogens is 763 g/mol. The molecule has 12 rings (SSSR count). The minimum absolute atomic E-state index is 0.145. The maximum atomic E-state index is 2.50. The number of rotatable bonds is 7. The third-order valence-corrected chi connectivity index (χ3v) is 13.9. The van der Waals surface area contributed by atoms with Gasteiger partial charge in [-0.15, -0.1) is 0 Å². The smallest absolute Gasteiger partial charge is 0.0783 e. The quantitative estimate of drug-likeness (QED) is 0.159. The Morgan fingerprint density at radius 2 is 0.794 bits per heavy atom. The van der Waals surface area contributed by atoms with Crippen LogP contribution in [0.4, 0.5) is 34.1 Å². The van der Waals surface area contributed by atoms with E-state index in [1.807, 2.05) is 0 Å². The zero-order chi connectivity index (χ0) is 42.5. The lowest BCUT2D eigenvalue weighted by molar-refractivity contribution is 0.660. The fourth-order valence-electron chi connectivity index (χ4n) is 10.9. The van der Waals surface area contributed by atoms with Gasteiger partial charge in [0.25, 0.3) is 0 Å². The third kappa shape index (κ3) is 5.59. The number of anilines is 6. The van der Waals surface area contributed by atoms with Gasteiger partial charge in [0.2, 0.25) is 0 Å². The molecule has 0 saturated heterocycles. The van der Waals surface area contributed by atoms with E-state index in [0.29, 0.717) is 0 Å². The van der Waals surface area contributed by atoms with Gasteiger partial charge in [-0.2, -0.15) is 0 Å². The van der Waals surface area contributed by atoms with E-state index in [2.05, 4.69) is 254 Å². The van der Waals surface area contributed by atoms with Crippen molar-refractivity contribution in [3.05, 3.63) is 235 Å². The lowest BCUT2D eigenvalue weighted by Crippen LogP contribution is -2.18. The molecule has 0 fully saturated rings. The summed E-state index contributed by atoms with van der Waals surface area (Å²) in [5, 5.41) is 2.39. The highest BCUT2D eigenvalue weighted by molar-refractivity contribution is 6.16. The average Bonchev–Trinajstić information content (AvgIpc) is 3.87. The van der Waals surface area contributed by atoms with Crippen molar-refractivity contribution in [1.29, 1.82) is 0 Å². The number of benzene rings is 9. The molecule has 2 aliphatic carbocycles. The highest BCUT2D eigenvalue weighted by Gasteiger charge is 2.38. The maximum Gasteiger partial charge on any atom is 0.0783 e. The molecule has 0 unspecified atom stereocenters. The Labute approximate surface area is 369 Å². The molecule has 0 saturated carbocycles. The normalized spacial score (nSPS) is 14.0. The van der Waals surface area contributed by atoms with Gasteiger partial charge in [-0.3, -0.25) is 0 Å². The molecule has 0 radical (unpaired) electrons. The number of hydrogen-bond acceptors (Lipinski definition) is 2. The molecule has 1 aromatic heterocycles. The van der Waals surface area contributed by atoms with Crippen LogP contribution in [0.3, 0.4) is 0 Å². The summed E-state index contributed by atoms with van der Waals surface area (Å²) in [6.45, 7) is 9.47. The molecule has 0 amide bonds. The Hall–Kier alpha value is -7.62. The highest BCUT2D eigenvalue weighted by Crippen LogP contribution is 2.54. The van der Waals surface area contributed by atoms with Gasteiger partial charge in [-0.05, 0) is 123 Å². The van der Waals surface area contributed by atoms with Crippen molar-refractivity contribution in [3.8, 4) is 27.9 Å². The van der Waals surface area contributed by atoms with Gasteiger partial charge in [-0.1, -0.05) is 161 Å². The van der Waals surface area contributed by atoms with Gasteiger partial charge in [-0.25, -0.2) is 0 Å². The topological polar surface area (TPSA) is 11.4 Å². The Balaban J connectivity index is 1.17. The Morgan fingerprint density at radius 1 is 0.333 bits per heavy atom. The first-order valence-corrected chi connectivity index (χ1v) is 22.1. The van der Waals surface area contributed by atoms with Gasteiger partial charge in [0.05, 0.1) is 16.7 Å². The van der Waals surface area contributed by atoms with Crippen LogP contribution in [0.2, 0.25) is 0 Å². The van der Waals surface area contributed by atoms with Crippen LogP contribution < -0.4 is 9.80 Å². The van der Waals surface area contributed by atoms with E-state index in [1.165, 1.54) is 60.8 Å². The summed E-state index contributed by atoms with van der Waals surface area (Å²) in [5.74, 6) is 0. The predicted octanol–water partition coefficient (Wildman–Crippen LogP) is 16.3. The fourth-order valence-corrected chi connectivity index (χ4v) is 10.9. The SMILES string of the molecule is CC1(C)c2ccccc2-c2ccc(N(c3ccccc3)c3cc(N(c4ccccc4)c4ccc5c(c4)C(C)(C)c4ccccc4-5)c4c(c3)c3ccccc3n4-c3ccccc3)cc21. The molecular formula is C60H47N3. The van der Waals surface area contributed by atoms with Crippen molar-refractivity contribution in [1.82, 2.24) is 4.57 Å². The summed E-state index contributed by atoms with van der Waals surface area (Å²) >= 11 is 0. The molecule has 302 valence electrons. The first-order valence-electron chi connectivity index (χ1n) is 22.1. The van der Waals surface area contributed by atoms with Crippen molar-refractivity contribution in [2.75, 3.05) is 9.80 Å². The molecule has 1 heterocycles. The van der Waals surface area contributed by atoms with E-state index >= 15 is 0 Å². The van der Waals surface area contributed by atoms with E-state index in [4.69, 9.17) is 0 Å². The molecule has 0 atom stereocenters. The van der Waals surface area contributed by atoms with Crippen LogP contribution in [0.15, 0.2) is 212 Å². The number of hydrogen-bond donors (Lipinski definition) is 0. The van der Waals surface area contributed by atoms with Crippen LogP contribution in [0.5, 0.6) is 0 Å². The largest absolute Gasteiger partial charge is 0.310 e. The molecule has 63 heavy (non-hydrogen) atoms. The van der Waals surface area contributed by atoms with E-state index in [9.17, 15) is 0 Å². The van der Waals surface area contributed by atoms with Crippen molar-refractivity contribution < 1.29 is 0 Å². The van der Waals surface area contributed by atoms with Gasteiger partial charge < -0.3 is 14.4 Å². The lowest BCUT2D eigenvalue weighted by atomic mass is 9.82. The van der Waals surface area contributed by atoms with Crippen molar-refractivity contribution in [2.24, 2.45) is 0 Å². The Kier molecular flexibility index (Phi) is 8.23. The monoisotopic (exact) mass is 809 g/mol. The van der Waals surface area contributed by atoms with Crippen LogP contribution in [-0.4, -0.2) is 4.57 Å². The van der Waals surface area contributed by atoms with E-state index in [1.54, 1.807) is 0 Å². The number of fused-ring (bicyclic) bond motifs is 9. The summed E-state index contributed by atoms with van der Waals surface area (Å²) in [6.07, 6.45) is 0. The Bertz CT molecular complexity index is 3400. The third-order valence-electron chi connectivity index (χ3n) is 13.9. The second-order valence-electron chi connectivity index (χ2n) is 18.2. The summed E-state index contributed by atoms with van der Waals surface area (Å²) in [4.78, 5) is 4.96. The van der Waals surface area contributed by atoms with E-state index in [-0.39, 0.29) is 10.8 Å². The molecule has 3 nitrogen and oxygen atoms in total. The lowest BCUT2D eigenvalue weighted by Gasteiger charge is -2.32. The molecule has 0 aliphatic heterocycles. The summed E-state index contributed by atoms with van der Waals surface area (Å²) < 4.78 is 2.47. The maximum absolute atomic E-state index is 2.50. The van der Waals surface area contributed by atoms with Crippen molar-refractivity contribution in [2.45, 2.75) is 38.5 Å². The zero-order valence-electron chi connectivity index (χ0n) is 36.0. The molecule has 9 aromatic carbocycles. The molecule has 0 N–H and O–H groups in total. The summed E-state index contributed by atoms with van der Waals surface area (Å²) in [5.41, 5.74) is 20.4. The second kappa shape index (κ2) is 14.0. The zero-order valence-corrected chi connectivity index (χ0v) is 36.0. The first-order chi connectivity index (χ1) is 30.8. The minimum Gasteiger partial charge on any atom is -0.310 e. The molecule has 2 aliphatic rings. The number of aromatic nitrogens is 1. The molecule has 0 spiro atoms. The standard InChI is InChI=1S/C60H47N3/c1-59(2)52-29-17-14-26-46(52)48-34-32-43(37-54(48)59)61(40-20-8-5-9-21-40)45-36-51-50-28-16-19-31-56(50)63(42-24-12-7-13-25-42)58(51)57(39-45)62(41-22-10-6-11-23-41)44-33-35-49-47-27-15-18-30-53(47)60(3,4)55(49)38-44/h5-39H,1-4H3. The second-order valence-corrected chi connectivity index (χ2v) is 18.2. The highest BCUT2D eigenvalue weighted by atomic mass is 15.2. The average molecular weight is 810 g/mol. The van der Waals surface area contributed by atoms with Gasteiger partial charge in [0.1, 0.15) is 0 Å². The van der Waals surface area contributed by atoms with E-state index < -0.39 is 0 Å². The van der Waals surface area contributed by atoms with Crippen LogP contribution in [0.1, 0.15) is 49.9 Å². The van der Waals surface area contributed by atoms with Gasteiger partial charge >= 0.3 is 0 Å². The first kappa shape index (κ1) is 37.2.